The largest absolute Gasteiger partial charge is 0.454 e. The number of anilines is 1. The van der Waals surface area contributed by atoms with E-state index in [1.54, 1.807) is 6.07 Å². The van der Waals surface area contributed by atoms with Crippen LogP contribution in [0.2, 0.25) is 0 Å². The Labute approximate surface area is 180 Å². The maximum absolute atomic E-state index is 14.1. The van der Waals surface area contributed by atoms with E-state index in [9.17, 15) is 22.0 Å². The van der Waals surface area contributed by atoms with Crippen LogP contribution in [-0.2, 0) is 19.5 Å². The van der Waals surface area contributed by atoms with Gasteiger partial charge in [0.2, 0.25) is 10.0 Å². The van der Waals surface area contributed by atoms with Crippen LogP contribution in [0.4, 0.5) is 14.5 Å². The lowest BCUT2D eigenvalue weighted by atomic mass is 10.1. The van der Waals surface area contributed by atoms with Gasteiger partial charge in [0, 0.05) is 38.8 Å². The van der Waals surface area contributed by atoms with Gasteiger partial charge in [-0.15, -0.1) is 0 Å². The molecule has 10 heteroatoms. The number of ether oxygens (including phenoxy) is 2. The van der Waals surface area contributed by atoms with Crippen molar-refractivity contribution in [1.29, 1.82) is 0 Å². The number of carbonyl (C=O) groups is 1. The number of benzene rings is 2. The molecule has 0 aliphatic carbocycles. The number of nitrogens with zero attached hydrogens (tertiary/aromatic N) is 2. The molecule has 3 rings (SSSR count). The van der Waals surface area contributed by atoms with Crippen molar-refractivity contribution in [2.75, 3.05) is 45.3 Å². The monoisotopic (exact) mass is 454 g/mol. The van der Waals surface area contributed by atoms with E-state index in [2.05, 4.69) is 0 Å². The zero-order valence-corrected chi connectivity index (χ0v) is 18.3. The molecular formula is C21H24F2N2O5S. The maximum atomic E-state index is 14.1. The number of carbonyl (C=O) groups excluding carboxylic acids is 1. The molecule has 0 aromatic heterocycles. The van der Waals surface area contributed by atoms with E-state index in [1.165, 1.54) is 39.2 Å². The van der Waals surface area contributed by atoms with Gasteiger partial charge in [-0.2, -0.15) is 0 Å². The maximum Gasteiger partial charge on any atom is 0.340 e. The molecule has 1 aliphatic heterocycles. The van der Waals surface area contributed by atoms with E-state index < -0.39 is 33.7 Å². The highest BCUT2D eigenvalue weighted by Crippen LogP contribution is 2.29. The number of esters is 1. The number of morpholine rings is 1. The predicted octanol–water partition coefficient (Wildman–Crippen LogP) is 2.97. The standard InChI is InChI=1S/C21H24F2N2O5S/c1-14(17-6-4-15(22)12-19(17)23)30-21(26)18-13-16(31(27,28)24(2)3)5-7-20(18)25-8-10-29-11-9-25/h4-7,12-14H,8-11H2,1-3H3. The molecule has 0 N–H and O–H groups in total. The van der Waals surface area contributed by atoms with Crippen LogP contribution < -0.4 is 4.90 Å². The van der Waals surface area contributed by atoms with E-state index >= 15 is 0 Å². The van der Waals surface area contributed by atoms with Crippen molar-refractivity contribution in [3.63, 3.8) is 0 Å². The summed E-state index contributed by atoms with van der Waals surface area (Å²) in [5.41, 5.74) is 0.553. The van der Waals surface area contributed by atoms with Crippen molar-refractivity contribution in [2.24, 2.45) is 0 Å². The van der Waals surface area contributed by atoms with Crippen LogP contribution in [0.25, 0.3) is 0 Å². The second kappa shape index (κ2) is 9.29. The first-order valence-electron chi connectivity index (χ1n) is 9.66. The summed E-state index contributed by atoms with van der Waals surface area (Å²) in [7, 11) is -1.01. The van der Waals surface area contributed by atoms with Crippen LogP contribution in [0.3, 0.4) is 0 Å². The Morgan fingerprint density at radius 2 is 1.81 bits per heavy atom. The smallest absolute Gasteiger partial charge is 0.340 e. The molecule has 31 heavy (non-hydrogen) atoms. The lowest BCUT2D eigenvalue weighted by Crippen LogP contribution is -2.37. The summed E-state index contributed by atoms with van der Waals surface area (Å²) < 4.78 is 64.3. The Bertz CT molecular complexity index is 1070. The first-order valence-corrected chi connectivity index (χ1v) is 11.1. The first-order chi connectivity index (χ1) is 14.6. The van der Waals surface area contributed by atoms with E-state index in [1.807, 2.05) is 4.90 Å². The molecule has 0 amide bonds. The minimum Gasteiger partial charge on any atom is -0.454 e. The molecule has 1 atom stereocenters. The third kappa shape index (κ3) is 5.03. The number of hydrogen-bond donors (Lipinski definition) is 0. The summed E-state index contributed by atoms with van der Waals surface area (Å²) in [5.74, 6) is -2.39. The van der Waals surface area contributed by atoms with Gasteiger partial charge in [-0.1, -0.05) is 0 Å². The van der Waals surface area contributed by atoms with Crippen molar-refractivity contribution >= 4 is 21.7 Å². The first kappa shape index (κ1) is 23.1. The fraction of sp³-hybridized carbons (Fsp3) is 0.381. The Hall–Kier alpha value is -2.56. The summed E-state index contributed by atoms with van der Waals surface area (Å²) in [6.07, 6.45) is -1.01. The Morgan fingerprint density at radius 1 is 1.13 bits per heavy atom. The van der Waals surface area contributed by atoms with Gasteiger partial charge in [-0.3, -0.25) is 0 Å². The minimum atomic E-state index is -3.79. The highest BCUT2D eigenvalue weighted by atomic mass is 32.2. The van der Waals surface area contributed by atoms with E-state index in [-0.39, 0.29) is 16.0 Å². The molecule has 7 nitrogen and oxygen atoms in total. The number of hydrogen-bond acceptors (Lipinski definition) is 6. The molecule has 1 fully saturated rings. The van der Waals surface area contributed by atoms with Crippen molar-refractivity contribution in [3.05, 3.63) is 59.2 Å². The summed E-state index contributed by atoms with van der Waals surface area (Å²) in [4.78, 5) is 14.9. The van der Waals surface area contributed by atoms with E-state index in [0.29, 0.717) is 38.1 Å². The lowest BCUT2D eigenvalue weighted by Gasteiger charge is -2.30. The van der Waals surface area contributed by atoms with Gasteiger partial charge < -0.3 is 14.4 Å². The van der Waals surface area contributed by atoms with Crippen LogP contribution in [-0.4, -0.2) is 59.1 Å². The van der Waals surface area contributed by atoms with Crippen molar-refractivity contribution < 1.29 is 31.5 Å². The average Bonchev–Trinajstić information content (AvgIpc) is 2.73. The minimum absolute atomic E-state index is 0.0136. The fourth-order valence-corrected chi connectivity index (χ4v) is 4.18. The summed E-state index contributed by atoms with van der Waals surface area (Å²) >= 11 is 0. The van der Waals surface area contributed by atoms with Gasteiger partial charge in [0.05, 0.1) is 29.4 Å². The summed E-state index contributed by atoms with van der Waals surface area (Å²) in [5, 5.41) is 0. The highest BCUT2D eigenvalue weighted by molar-refractivity contribution is 7.89. The third-order valence-electron chi connectivity index (χ3n) is 5.00. The molecule has 2 aromatic rings. The van der Waals surface area contributed by atoms with Gasteiger partial charge in [0.15, 0.2) is 0 Å². The Morgan fingerprint density at radius 3 is 2.42 bits per heavy atom. The van der Waals surface area contributed by atoms with Crippen LogP contribution >= 0.6 is 0 Å². The Balaban J connectivity index is 1.98. The topological polar surface area (TPSA) is 76.2 Å². The number of rotatable bonds is 6. The molecule has 0 radical (unpaired) electrons. The van der Waals surface area contributed by atoms with Gasteiger partial charge in [-0.05, 0) is 37.3 Å². The Kier molecular flexibility index (Phi) is 6.93. The normalized spacial score (nSPS) is 15.7. The van der Waals surface area contributed by atoms with E-state index in [0.717, 1.165) is 10.4 Å². The average molecular weight is 454 g/mol. The van der Waals surface area contributed by atoms with Crippen LogP contribution in [0.15, 0.2) is 41.3 Å². The highest BCUT2D eigenvalue weighted by Gasteiger charge is 2.26. The van der Waals surface area contributed by atoms with E-state index in [4.69, 9.17) is 9.47 Å². The molecule has 1 heterocycles. The van der Waals surface area contributed by atoms with Crippen molar-refractivity contribution in [2.45, 2.75) is 17.9 Å². The number of sulfonamides is 1. The second-order valence-electron chi connectivity index (χ2n) is 7.28. The SMILES string of the molecule is CC(OC(=O)c1cc(S(=O)(=O)N(C)C)ccc1N1CCOCC1)c1ccc(F)cc1F. The van der Waals surface area contributed by atoms with Crippen LogP contribution in [0.1, 0.15) is 28.9 Å². The van der Waals surface area contributed by atoms with Crippen molar-refractivity contribution in [1.82, 2.24) is 4.31 Å². The molecule has 0 bridgehead atoms. The molecule has 0 saturated carbocycles. The molecular weight excluding hydrogens is 430 g/mol. The quantitative estimate of drug-likeness (QED) is 0.625. The molecule has 1 unspecified atom stereocenters. The van der Waals surface area contributed by atoms with Crippen LogP contribution in [0.5, 0.6) is 0 Å². The number of halogens is 2. The van der Waals surface area contributed by atoms with Gasteiger partial charge in [0.25, 0.3) is 0 Å². The predicted molar refractivity (Wildman–Crippen MR) is 111 cm³/mol. The van der Waals surface area contributed by atoms with Gasteiger partial charge in [-0.25, -0.2) is 26.3 Å². The fourth-order valence-electron chi connectivity index (χ4n) is 3.25. The van der Waals surface area contributed by atoms with Crippen molar-refractivity contribution in [3.8, 4) is 0 Å². The molecule has 2 aromatic carbocycles. The third-order valence-corrected chi connectivity index (χ3v) is 6.81. The molecule has 1 aliphatic rings. The van der Waals surface area contributed by atoms with Gasteiger partial charge in [0.1, 0.15) is 17.7 Å². The summed E-state index contributed by atoms with van der Waals surface area (Å²) in [6.45, 7) is 3.42. The lowest BCUT2D eigenvalue weighted by molar-refractivity contribution is 0.0331. The van der Waals surface area contributed by atoms with Gasteiger partial charge >= 0.3 is 5.97 Å². The zero-order chi connectivity index (χ0) is 22.8. The molecule has 1 saturated heterocycles. The molecule has 0 spiro atoms. The zero-order valence-electron chi connectivity index (χ0n) is 17.5. The second-order valence-corrected chi connectivity index (χ2v) is 9.43. The van der Waals surface area contributed by atoms with Crippen LogP contribution in [0, 0.1) is 11.6 Å². The molecule has 168 valence electrons. The summed E-state index contributed by atoms with van der Waals surface area (Å²) in [6, 6.07) is 7.24.